The maximum absolute atomic E-state index is 12.9. The van der Waals surface area contributed by atoms with E-state index < -0.39 is 17.9 Å². The molecule has 8 nitrogen and oxygen atoms in total. The number of carboxylic acid groups (broad SMARTS) is 1. The van der Waals surface area contributed by atoms with Gasteiger partial charge < -0.3 is 20.2 Å². The third-order valence-corrected chi connectivity index (χ3v) is 4.29. The molecule has 1 aromatic carbocycles. The van der Waals surface area contributed by atoms with Crippen molar-refractivity contribution in [3.63, 3.8) is 0 Å². The van der Waals surface area contributed by atoms with Crippen molar-refractivity contribution >= 4 is 29.4 Å². The Labute approximate surface area is 151 Å². The Morgan fingerprint density at radius 1 is 1.35 bits per heavy atom. The van der Waals surface area contributed by atoms with Crippen LogP contribution in [0, 0.1) is 0 Å². The fraction of sp³-hybridized carbons (Fsp3) is 0.444. The minimum absolute atomic E-state index is 0.0102. The summed E-state index contributed by atoms with van der Waals surface area (Å²) in [6.45, 7) is 3.60. The Morgan fingerprint density at radius 2 is 2.08 bits per heavy atom. The van der Waals surface area contributed by atoms with Crippen LogP contribution in [-0.2, 0) is 14.4 Å². The molecule has 1 aromatic rings. The van der Waals surface area contributed by atoms with Crippen LogP contribution in [0.4, 0.5) is 5.69 Å². The van der Waals surface area contributed by atoms with Crippen LogP contribution >= 0.6 is 0 Å². The number of rotatable bonds is 7. The van der Waals surface area contributed by atoms with Crippen molar-refractivity contribution < 1.29 is 24.3 Å². The Morgan fingerprint density at radius 3 is 2.65 bits per heavy atom. The van der Waals surface area contributed by atoms with Crippen LogP contribution in [0.3, 0.4) is 0 Å². The molecule has 3 amide bonds. The summed E-state index contributed by atoms with van der Waals surface area (Å²) in [7, 11) is 0. The third-order valence-electron chi connectivity index (χ3n) is 4.29. The number of nitrogens with one attached hydrogen (secondary N) is 1. The molecule has 2 N–H and O–H groups in total. The second-order valence-electron chi connectivity index (χ2n) is 6.19. The Balaban J connectivity index is 2.22. The van der Waals surface area contributed by atoms with Crippen LogP contribution < -0.4 is 10.2 Å². The van der Waals surface area contributed by atoms with Crippen molar-refractivity contribution in [2.45, 2.75) is 32.7 Å². The van der Waals surface area contributed by atoms with Gasteiger partial charge in [-0.25, -0.2) is 4.79 Å². The minimum Gasteiger partial charge on any atom is -0.480 e. The molecule has 0 spiro atoms. The predicted molar refractivity (Wildman–Crippen MR) is 94.8 cm³/mol. The largest absolute Gasteiger partial charge is 0.480 e. The zero-order valence-electron chi connectivity index (χ0n) is 14.9. The van der Waals surface area contributed by atoms with Gasteiger partial charge in [-0.05, 0) is 31.5 Å². The van der Waals surface area contributed by atoms with Crippen molar-refractivity contribution in [2.24, 2.45) is 0 Å². The van der Waals surface area contributed by atoms with Crippen LogP contribution in [0.25, 0.3) is 0 Å². The molecular weight excluding hydrogens is 338 g/mol. The number of carbonyl (C=O) groups excluding carboxylic acids is 3. The highest BCUT2D eigenvalue weighted by atomic mass is 16.4. The van der Waals surface area contributed by atoms with E-state index in [1.807, 2.05) is 0 Å². The van der Waals surface area contributed by atoms with Gasteiger partial charge in [-0.2, -0.15) is 0 Å². The Bertz CT molecular complexity index is 719. The van der Waals surface area contributed by atoms with Gasteiger partial charge in [0.25, 0.3) is 5.91 Å². The smallest absolute Gasteiger partial charge is 0.326 e. The molecule has 1 unspecified atom stereocenters. The highest BCUT2D eigenvalue weighted by molar-refractivity contribution is 6.00. The van der Waals surface area contributed by atoms with E-state index in [2.05, 4.69) is 5.32 Å². The lowest BCUT2D eigenvalue weighted by atomic mass is 10.1. The molecule has 1 atom stereocenters. The standard InChI is InChI=1S/C18H23N3O5/c1-12(18(25)26)20(10-8-19-13(2)22)17(24)14-5-3-6-15(11-14)21-9-4-7-16(21)23/h3,5-6,11-12H,4,7-10H2,1-2H3,(H,19,22)(H,25,26). The molecule has 1 fully saturated rings. The maximum atomic E-state index is 12.9. The summed E-state index contributed by atoms with van der Waals surface area (Å²) in [4.78, 5) is 50.0. The summed E-state index contributed by atoms with van der Waals surface area (Å²) < 4.78 is 0. The molecule has 26 heavy (non-hydrogen) atoms. The van der Waals surface area contributed by atoms with Gasteiger partial charge in [-0.1, -0.05) is 6.07 Å². The summed E-state index contributed by atoms with van der Waals surface area (Å²) >= 11 is 0. The lowest BCUT2D eigenvalue weighted by Crippen LogP contribution is -2.46. The van der Waals surface area contributed by atoms with Crippen molar-refractivity contribution in [3.05, 3.63) is 29.8 Å². The topological polar surface area (TPSA) is 107 Å². The third kappa shape index (κ3) is 4.59. The van der Waals surface area contributed by atoms with Gasteiger partial charge in [0.2, 0.25) is 11.8 Å². The van der Waals surface area contributed by atoms with E-state index in [0.717, 1.165) is 6.42 Å². The molecular formula is C18H23N3O5. The van der Waals surface area contributed by atoms with E-state index in [9.17, 15) is 24.3 Å². The van der Waals surface area contributed by atoms with Crippen molar-refractivity contribution in [1.82, 2.24) is 10.2 Å². The first kappa shape index (κ1) is 19.4. The number of hydrogen-bond donors (Lipinski definition) is 2. The first-order valence-electron chi connectivity index (χ1n) is 8.50. The summed E-state index contributed by atoms with van der Waals surface area (Å²) in [6.07, 6.45) is 1.26. The summed E-state index contributed by atoms with van der Waals surface area (Å²) in [5.74, 6) is -1.84. The first-order chi connectivity index (χ1) is 12.3. The highest BCUT2D eigenvalue weighted by Gasteiger charge is 2.27. The molecule has 0 saturated carbocycles. The summed E-state index contributed by atoms with van der Waals surface area (Å²) in [6, 6.07) is 5.57. The number of amides is 3. The molecule has 0 aliphatic carbocycles. The number of aliphatic carboxylic acids is 1. The van der Waals surface area contributed by atoms with E-state index in [-0.39, 0.29) is 24.9 Å². The number of carbonyl (C=O) groups is 4. The fourth-order valence-corrected chi connectivity index (χ4v) is 2.85. The molecule has 1 saturated heterocycles. The Hall–Kier alpha value is -2.90. The molecule has 140 valence electrons. The minimum atomic E-state index is -1.13. The number of nitrogens with zero attached hydrogens (tertiary/aromatic N) is 2. The van der Waals surface area contributed by atoms with Crippen LogP contribution in [0.15, 0.2) is 24.3 Å². The van der Waals surface area contributed by atoms with Gasteiger partial charge in [0, 0.05) is 44.2 Å². The number of anilines is 1. The van der Waals surface area contributed by atoms with E-state index >= 15 is 0 Å². The van der Waals surface area contributed by atoms with Crippen LogP contribution in [0.1, 0.15) is 37.0 Å². The highest BCUT2D eigenvalue weighted by Crippen LogP contribution is 2.23. The SMILES string of the molecule is CC(=O)NCCN(C(=O)c1cccc(N2CCCC2=O)c1)C(C)C(=O)O. The van der Waals surface area contributed by atoms with Gasteiger partial charge in [0.1, 0.15) is 6.04 Å². The van der Waals surface area contributed by atoms with Crippen molar-refractivity contribution in [3.8, 4) is 0 Å². The normalized spacial score (nSPS) is 14.8. The number of carboxylic acids is 1. The number of benzene rings is 1. The lowest BCUT2D eigenvalue weighted by molar-refractivity contribution is -0.141. The van der Waals surface area contributed by atoms with E-state index in [1.54, 1.807) is 29.2 Å². The average Bonchev–Trinajstić information content (AvgIpc) is 3.03. The van der Waals surface area contributed by atoms with Crippen molar-refractivity contribution in [2.75, 3.05) is 24.5 Å². The van der Waals surface area contributed by atoms with E-state index in [1.165, 1.54) is 18.7 Å². The van der Waals surface area contributed by atoms with Gasteiger partial charge in [-0.15, -0.1) is 0 Å². The zero-order valence-corrected chi connectivity index (χ0v) is 14.9. The van der Waals surface area contributed by atoms with Gasteiger partial charge >= 0.3 is 5.97 Å². The predicted octanol–water partition coefficient (Wildman–Crippen LogP) is 0.865. The molecule has 1 aliphatic rings. The second kappa shape index (κ2) is 8.46. The molecule has 2 rings (SSSR count). The first-order valence-corrected chi connectivity index (χ1v) is 8.50. The van der Waals surface area contributed by atoms with Gasteiger partial charge in [-0.3, -0.25) is 14.4 Å². The fourth-order valence-electron chi connectivity index (χ4n) is 2.85. The van der Waals surface area contributed by atoms with E-state index in [4.69, 9.17) is 0 Å². The quantitative estimate of drug-likeness (QED) is 0.749. The van der Waals surface area contributed by atoms with Crippen LogP contribution in [0.2, 0.25) is 0 Å². The molecule has 0 bridgehead atoms. The lowest BCUT2D eigenvalue weighted by Gasteiger charge is -2.27. The molecule has 0 aromatic heterocycles. The second-order valence-corrected chi connectivity index (χ2v) is 6.19. The molecule has 8 heteroatoms. The number of hydrogen-bond acceptors (Lipinski definition) is 4. The van der Waals surface area contributed by atoms with E-state index in [0.29, 0.717) is 24.2 Å². The molecule has 1 heterocycles. The monoisotopic (exact) mass is 361 g/mol. The van der Waals surface area contributed by atoms with Gasteiger partial charge in [0.05, 0.1) is 0 Å². The van der Waals surface area contributed by atoms with Crippen LogP contribution in [0.5, 0.6) is 0 Å². The average molecular weight is 361 g/mol. The maximum Gasteiger partial charge on any atom is 0.326 e. The van der Waals surface area contributed by atoms with Crippen LogP contribution in [-0.4, -0.2) is 59.4 Å². The zero-order chi connectivity index (χ0) is 19.3. The van der Waals surface area contributed by atoms with Gasteiger partial charge in [0.15, 0.2) is 0 Å². The summed E-state index contributed by atoms with van der Waals surface area (Å²) in [5.41, 5.74) is 0.932. The summed E-state index contributed by atoms with van der Waals surface area (Å²) in [5, 5.41) is 11.8. The van der Waals surface area contributed by atoms with Crippen molar-refractivity contribution in [1.29, 1.82) is 0 Å². The Kier molecular flexibility index (Phi) is 6.32. The molecule has 1 aliphatic heterocycles. The molecule has 0 radical (unpaired) electrons.